The van der Waals surface area contributed by atoms with Crippen LogP contribution in [0.2, 0.25) is 0 Å². The Bertz CT molecular complexity index is 641. The highest BCUT2D eigenvalue weighted by atomic mass is 16.5. The van der Waals surface area contributed by atoms with Crippen LogP contribution in [0.4, 0.5) is 5.82 Å². The molecule has 3 rings (SSSR count). The highest BCUT2D eigenvalue weighted by molar-refractivity contribution is 5.77. The van der Waals surface area contributed by atoms with Gasteiger partial charge in [-0.25, -0.2) is 9.97 Å². The summed E-state index contributed by atoms with van der Waals surface area (Å²) in [6.45, 7) is 9.87. The molecule has 1 unspecified atom stereocenters. The number of nitrogens with one attached hydrogen (secondary N) is 1. The van der Waals surface area contributed by atoms with Gasteiger partial charge < -0.3 is 15.0 Å². The molecule has 2 aliphatic rings. The van der Waals surface area contributed by atoms with Crippen molar-refractivity contribution in [2.24, 2.45) is 5.92 Å². The van der Waals surface area contributed by atoms with E-state index in [1.54, 1.807) is 6.08 Å². The van der Waals surface area contributed by atoms with Crippen LogP contribution in [0, 0.1) is 5.92 Å². The molecule has 1 amide bonds. The molecule has 6 nitrogen and oxygen atoms in total. The Kier molecular flexibility index (Phi) is 6.61. The summed E-state index contributed by atoms with van der Waals surface area (Å²) in [6.07, 6.45) is 6.74. The fraction of sp³-hybridized carbons (Fsp3) is 0.650. The summed E-state index contributed by atoms with van der Waals surface area (Å²) in [5, 5.41) is 3.55. The minimum Gasteiger partial charge on any atom is -0.381 e. The summed E-state index contributed by atoms with van der Waals surface area (Å²) < 4.78 is 5.46. The lowest BCUT2D eigenvalue weighted by Gasteiger charge is -2.19. The van der Waals surface area contributed by atoms with E-state index < -0.39 is 0 Å². The standard InChI is InChI=1S/C20H30N4O2/c1-3-5-19(25)24-11-7-16-17(8-12-24)22-18(4-2)23-20(16)21-10-6-15-9-13-26-14-15/h3,15H,1,4-14H2,2H3,(H,21,22,23). The molecule has 0 spiro atoms. The average molecular weight is 358 g/mol. The van der Waals surface area contributed by atoms with Crippen molar-refractivity contribution < 1.29 is 9.53 Å². The average Bonchev–Trinajstić information content (AvgIpc) is 3.06. The summed E-state index contributed by atoms with van der Waals surface area (Å²) in [5.41, 5.74) is 2.27. The zero-order valence-corrected chi connectivity index (χ0v) is 15.8. The van der Waals surface area contributed by atoms with Gasteiger partial charge in [-0.3, -0.25) is 4.79 Å². The number of carbonyl (C=O) groups is 1. The first kappa shape index (κ1) is 18.8. The van der Waals surface area contributed by atoms with Crippen LogP contribution >= 0.6 is 0 Å². The molecule has 6 heteroatoms. The molecule has 0 bridgehead atoms. The molecule has 1 saturated heterocycles. The maximum absolute atomic E-state index is 12.2. The van der Waals surface area contributed by atoms with Gasteiger partial charge in [-0.2, -0.15) is 0 Å². The van der Waals surface area contributed by atoms with Crippen LogP contribution < -0.4 is 5.32 Å². The number of aryl methyl sites for hydroxylation is 1. The number of fused-ring (bicyclic) bond motifs is 1. The van der Waals surface area contributed by atoms with Gasteiger partial charge in [-0.1, -0.05) is 13.0 Å². The second-order valence-corrected chi connectivity index (χ2v) is 7.09. The van der Waals surface area contributed by atoms with Crippen LogP contribution in [0.25, 0.3) is 0 Å². The summed E-state index contributed by atoms with van der Waals surface area (Å²) in [4.78, 5) is 23.6. The van der Waals surface area contributed by atoms with Crippen molar-refractivity contribution in [3.63, 3.8) is 0 Å². The summed E-state index contributed by atoms with van der Waals surface area (Å²) in [6, 6.07) is 0. The first-order valence-electron chi connectivity index (χ1n) is 9.80. The quantitative estimate of drug-likeness (QED) is 0.758. The number of aromatic nitrogens is 2. The Balaban J connectivity index is 1.70. The number of ether oxygens (including phenoxy) is 1. The van der Waals surface area contributed by atoms with Crippen molar-refractivity contribution in [3.8, 4) is 0 Å². The number of rotatable bonds is 7. The lowest BCUT2D eigenvalue weighted by atomic mass is 10.1. The molecular formula is C20H30N4O2. The predicted molar refractivity (Wildman–Crippen MR) is 102 cm³/mol. The molecular weight excluding hydrogens is 328 g/mol. The highest BCUT2D eigenvalue weighted by Crippen LogP contribution is 2.23. The van der Waals surface area contributed by atoms with Gasteiger partial charge in [0.2, 0.25) is 5.91 Å². The zero-order valence-electron chi connectivity index (χ0n) is 15.8. The van der Waals surface area contributed by atoms with E-state index >= 15 is 0 Å². The van der Waals surface area contributed by atoms with Gasteiger partial charge in [0.05, 0.1) is 5.69 Å². The Morgan fingerprint density at radius 2 is 2.23 bits per heavy atom. The maximum Gasteiger partial charge on any atom is 0.226 e. The summed E-state index contributed by atoms with van der Waals surface area (Å²) in [5.74, 6) is 2.64. The van der Waals surface area contributed by atoms with E-state index in [4.69, 9.17) is 14.7 Å². The van der Waals surface area contributed by atoms with Crippen LogP contribution in [-0.4, -0.2) is 53.6 Å². The largest absolute Gasteiger partial charge is 0.381 e. The molecule has 0 saturated carbocycles. The molecule has 3 heterocycles. The lowest BCUT2D eigenvalue weighted by molar-refractivity contribution is -0.130. The van der Waals surface area contributed by atoms with E-state index in [2.05, 4.69) is 18.8 Å². The van der Waals surface area contributed by atoms with Crippen molar-refractivity contribution >= 4 is 11.7 Å². The van der Waals surface area contributed by atoms with Crippen molar-refractivity contribution in [2.45, 2.75) is 45.4 Å². The third-order valence-corrected chi connectivity index (χ3v) is 5.25. The highest BCUT2D eigenvalue weighted by Gasteiger charge is 2.22. The molecule has 26 heavy (non-hydrogen) atoms. The van der Waals surface area contributed by atoms with Gasteiger partial charge in [-0.15, -0.1) is 6.58 Å². The molecule has 2 aliphatic heterocycles. The van der Waals surface area contributed by atoms with Crippen LogP contribution in [0.3, 0.4) is 0 Å². The van der Waals surface area contributed by atoms with E-state index in [1.165, 1.54) is 5.56 Å². The third kappa shape index (κ3) is 4.61. The minimum atomic E-state index is 0.146. The Hall–Kier alpha value is -1.95. The SMILES string of the molecule is C=CCC(=O)N1CCc2nc(CC)nc(NCCC3CCOC3)c2CC1. The van der Waals surface area contributed by atoms with Crippen LogP contribution in [-0.2, 0) is 28.8 Å². The fourth-order valence-corrected chi connectivity index (χ4v) is 3.66. The first-order valence-corrected chi connectivity index (χ1v) is 9.80. The van der Waals surface area contributed by atoms with E-state index in [1.807, 2.05) is 4.90 Å². The molecule has 0 aliphatic carbocycles. The van der Waals surface area contributed by atoms with Gasteiger partial charge in [0.15, 0.2) is 0 Å². The smallest absolute Gasteiger partial charge is 0.226 e. The minimum absolute atomic E-state index is 0.146. The van der Waals surface area contributed by atoms with Gasteiger partial charge in [0.25, 0.3) is 0 Å². The number of carbonyl (C=O) groups excluding carboxylic acids is 1. The van der Waals surface area contributed by atoms with Crippen LogP contribution in [0.1, 0.15) is 43.3 Å². The summed E-state index contributed by atoms with van der Waals surface area (Å²) >= 11 is 0. The summed E-state index contributed by atoms with van der Waals surface area (Å²) in [7, 11) is 0. The topological polar surface area (TPSA) is 67.4 Å². The first-order chi connectivity index (χ1) is 12.7. The molecule has 1 fully saturated rings. The Morgan fingerprint density at radius 3 is 2.96 bits per heavy atom. The Morgan fingerprint density at radius 1 is 1.38 bits per heavy atom. The van der Waals surface area contributed by atoms with Crippen LogP contribution in [0.5, 0.6) is 0 Å². The van der Waals surface area contributed by atoms with E-state index in [0.29, 0.717) is 12.3 Å². The van der Waals surface area contributed by atoms with Gasteiger partial charge in [0, 0.05) is 57.7 Å². The normalized spacial score (nSPS) is 19.7. The van der Waals surface area contributed by atoms with E-state index in [0.717, 1.165) is 82.3 Å². The zero-order chi connectivity index (χ0) is 18.4. The third-order valence-electron chi connectivity index (χ3n) is 5.25. The van der Waals surface area contributed by atoms with Crippen molar-refractivity contribution in [2.75, 3.05) is 38.2 Å². The monoisotopic (exact) mass is 358 g/mol. The predicted octanol–water partition coefficient (Wildman–Crippen LogP) is 2.38. The molecule has 0 radical (unpaired) electrons. The van der Waals surface area contributed by atoms with Crippen LogP contribution in [0.15, 0.2) is 12.7 Å². The van der Waals surface area contributed by atoms with E-state index in [9.17, 15) is 4.79 Å². The molecule has 1 aromatic heterocycles. The van der Waals surface area contributed by atoms with Crippen molar-refractivity contribution in [3.05, 3.63) is 29.7 Å². The number of anilines is 1. The number of hydrogen-bond donors (Lipinski definition) is 1. The van der Waals surface area contributed by atoms with E-state index in [-0.39, 0.29) is 5.91 Å². The number of nitrogens with zero attached hydrogens (tertiary/aromatic N) is 3. The van der Waals surface area contributed by atoms with Gasteiger partial charge >= 0.3 is 0 Å². The maximum atomic E-state index is 12.2. The number of amides is 1. The molecule has 142 valence electrons. The van der Waals surface area contributed by atoms with Crippen molar-refractivity contribution in [1.29, 1.82) is 0 Å². The number of hydrogen-bond acceptors (Lipinski definition) is 5. The lowest BCUT2D eigenvalue weighted by Crippen LogP contribution is -2.32. The molecule has 1 atom stereocenters. The molecule has 1 aromatic rings. The van der Waals surface area contributed by atoms with Gasteiger partial charge in [0.1, 0.15) is 11.6 Å². The Labute approximate surface area is 156 Å². The fourth-order valence-electron chi connectivity index (χ4n) is 3.66. The molecule has 0 aromatic carbocycles. The second-order valence-electron chi connectivity index (χ2n) is 7.09. The molecule has 1 N–H and O–H groups in total. The van der Waals surface area contributed by atoms with Gasteiger partial charge in [-0.05, 0) is 25.2 Å². The second kappa shape index (κ2) is 9.12. The van der Waals surface area contributed by atoms with Crippen molar-refractivity contribution in [1.82, 2.24) is 14.9 Å².